The molecule has 0 fully saturated rings. The number of carbonyl (C=O) groups excluding carboxylic acids is 1. The molecule has 32 heavy (non-hydrogen) atoms. The molecule has 0 saturated heterocycles. The summed E-state index contributed by atoms with van der Waals surface area (Å²) in [5, 5.41) is 3.62. The zero-order valence-corrected chi connectivity index (χ0v) is 19.2. The van der Waals surface area contributed by atoms with Crippen molar-refractivity contribution < 1.29 is 9.53 Å². The molecule has 0 saturated carbocycles. The third-order valence-corrected chi connectivity index (χ3v) is 6.80. The summed E-state index contributed by atoms with van der Waals surface area (Å²) in [6.07, 6.45) is 1.47. The molecule has 0 aliphatic carbocycles. The Bertz CT molecular complexity index is 1130. The van der Waals surface area contributed by atoms with E-state index in [9.17, 15) is 9.59 Å². The van der Waals surface area contributed by atoms with Crippen LogP contribution in [0.25, 0.3) is 0 Å². The highest BCUT2D eigenvalue weighted by molar-refractivity contribution is 7.98. The number of amides is 1. The molecule has 7 heteroatoms. The van der Waals surface area contributed by atoms with Gasteiger partial charge in [0.25, 0.3) is 5.91 Å². The Morgan fingerprint density at radius 3 is 2.62 bits per heavy atom. The minimum atomic E-state index is -0.324. The Morgan fingerprint density at radius 2 is 1.88 bits per heavy atom. The van der Waals surface area contributed by atoms with Crippen molar-refractivity contribution in [3.05, 3.63) is 93.4 Å². The number of aromatic amines is 1. The molecular weight excluding hydrogens is 422 g/mol. The average Bonchev–Trinajstić information content (AvgIpc) is 2.96. The van der Waals surface area contributed by atoms with Crippen molar-refractivity contribution in [3.8, 4) is 5.75 Å². The summed E-state index contributed by atoms with van der Waals surface area (Å²) in [4.78, 5) is 31.4. The fourth-order valence-corrected chi connectivity index (χ4v) is 5.09. The van der Waals surface area contributed by atoms with Crippen LogP contribution < -0.4 is 15.5 Å². The van der Waals surface area contributed by atoms with E-state index in [1.54, 1.807) is 4.90 Å². The summed E-state index contributed by atoms with van der Waals surface area (Å²) in [6.45, 7) is 4.23. The van der Waals surface area contributed by atoms with Crippen molar-refractivity contribution in [2.24, 2.45) is 0 Å². The van der Waals surface area contributed by atoms with Gasteiger partial charge in [-0.2, -0.15) is 0 Å². The van der Waals surface area contributed by atoms with Gasteiger partial charge in [-0.05, 0) is 36.6 Å². The molecule has 1 aromatic heterocycles. The lowest BCUT2D eigenvalue weighted by Crippen LogP contribution is -2.45. The Morgan fingerprint density at radius 1 is 1.16 bits per heavy atom. The number of H-pyrrole nitrogens is 1. The SMILES string of the molecule is COc1c(C(=O)N(CNC2c3ccccc3CSc3ccccc32)C(C)C)[nH]ccc1=O. The number of carbonyl (C=O) groups is 1. The van der Waals surface area contributed by atoms with Gasteiger partial charge in [0.2, 0.25) is 5.43 Å². The van der Waals surface area contributed by atoms with Crippen molar-refractivity contribution in [1.29, 1.82) is 0 Å². The van der Waals surface area contributed by atoms with Crippen LogP contribution in [0.5, 0.6) is 5.75 Å². The summed E-state index contributed by atoms with van der Waals surface area (Å²) in [5.41, 5.74) is 3.53. The van der Waals surface area contributed by atoms with Crippen molar-refractivity contribution in [3.63, 3.8) is 0 Å². The van der Waals surface area contributed by atoms with Crippen LogP contribution in [-0.2, 0) is 5.75 Å². The largest absolute Gasteiger partial charge is 0.491 e. The molecule has 1 amide bonds. The molecule has 2 heterocycles. The van der Waals surface area contributed by atoms with Gasteiger partial charge in [0.1, 0.15) is 0 Å². The minimum Gasteiger partial charge on any atom is -0.491 e. The number of methoxy groups -OCH3 is 1. The maximum atomic E-state index is 13.4. The smallest absolute Gasteiger partial charge is 0.275 e. The molecule has 2 aromatic carbocycles. The van der Waals surface area contributed by atoms with E-state index in [1.165, 1.54) is 41.0 Å². The summed E-state index contributed by atoms with van der Waals surface area (Å²) in [5.74, 6) is 0.650. The average molecular weight is 450 g/mol. The van der Waals surface area contributed by atoms with Crippen molar-refractivity contribution in [2.75, 3.05) is 13.8 Å². The zero-order chi connectivity index (χ0) is 22.7. The molecule has 2 N–H and O–H groups in total. The van der Waals surface area contributed by atoms with Gasteiger partial charge in [0.15, 0.2) is 11.4 Å². The van der Waals surface area contributed by atoms with Crippen molar-refractivity contribution in [2.45, 2.75) is 36.6 Å². The zero-order valence-electron chi connectivity index (χ0n) is 18.4. The van der Waals surface area contributed by atoms with Crippen LogP contribution in [0.4, 0.5) is 0 Å². The van der Waals surface area contributed by atoms with Crippen LogP contribution in [0, 0.1) is 0 Å². The van der Waals surface area contributed by atoms with E-state index in [-0.39, 0.29) is 34.9 Å². The van der Waals surface area contributed by atoms with Crippen molar-refractivity contribution >= 4 is 17.7 Å². The number of aromatic nitrogens is 1. The van der Waals surface area contributed by atoms with E-state index < -0.39 is 0 Å². The molecule has 3 aromatic rings. The Labute approximate surface area is 192 Å². The molecule has 4 rings (SSSR count). The first-order chi connectivity index (χ1) is 15.5. The monoisotopic (exact) mass is 449 g/mol. The molecule has 1 unspecified atom stereocenters. The van der Waals surface area contributed by atoms with Gasteiger partial charge in [-0.1, -0.05) is 42.5 Å². The molecular formula is C25H27N3O3S. The lowest BCUT2D eigenvalue weighted by Gasteiger charge is -2.30. The number of rotatable bonds is 6. The minimum absolute atomic E-state index is 0.0321. The molecule has 1 atom stereocenters. The highest BCUT2D eigenvalue weighted by atomic mass is 32.2. The number of nitrogens with one attached hydrogen (secondary N) is 2. The Hall–Kier alpha value is -3.03. The van der Waals surface area contributed by atoms with E-state index in [0.29, 0.717) is 6.67 Å². The van der Waals surface area contributed by atoms with E-state index in [4.69, 9.17) is 4.74 Å². The fraction of sp³-hybridized carbons (Fsp3) is 0.280. The first kappa shape index (κ1) is 22.2. The first-order valence-electron chi connectivity index (χ1n) is 10.6. The van der Waals surface area contributed by atoms with Gasteiger partial charge >= 0.3 is 0 Å². The second-order valence-corrected chi connectivity index (χ2v) is 8.96. The summed E-state index contributed by atoms with van der Waals surface area (Å²) < 4.78 is 5.22. The third kappa shape index (κ3) is 4.31. The summed E-state index contributed by atoms with van der Waals surface area (Å²) >= 11 is 1.83. The van der Waals surface area contributed by atoms with Crippen LogP contribution in [0.3, 0.4) is 0 Å². The second kappa shape index (κ2) is 9.63. The molecule has 0 bridgehead atoms. The fourth-order valence-electron chi connectivity index (χ4n) is 3.99. The van der Waals surface area contributed by atoms with Gasteiger partial charge in [-0.15, -0.1) is 11.8 Å². The quantitative estimate of drug-likeness (QED) is 0.553. The Kier molecular flexibility index (Phi) is 6.67. The molecule has 0 spiro atoms. The Balaban J connectivity index is 1.66. The van der Waals surface area contributed by atoms with E-state index in [1.807, 2.05) is 31.7 Å². The third-order valence-electron chi connectivity index (χ3n) is 5.66. The maximum absolute atomic E-state index is 13.4. The molecule has 6 nitrogen and oxygen atoms in total. The van der Waals surface area contributed by atoms with Crippen LogP contribution in [0.1, 0.15) is 47.1 Å². The van der Waals surface area contributed by atoms with Crippen LogP contribution in [-0.4, -0.2) is 35.6 Å². The number of nitrogens with zero attached hydrogens (tertiary/aromatic N) is 1. The lowest BCUT2D eigenvalue weighted by molar-refractivity contribution is 0.0674. The number of hydrogen-bond donors (Lipinski definition) is 2. The van der Waals surface area contributed by atoms with E-state index in [2.05, 4.69) is 52.8 Å². The van der Waals surface area contributed by atoms with Gasteiger partial charge in [0, 0.05) is 29.0 Å². The van der Waals surface area contributed by atoms with E-state index >= 15 is 0 Å². The van der Waals surface area contributed by atoms with Crippen LogP contribution >= 0.6 is 11.8 Å². The normalized spacial score (nSPS) is 14.9. The standard InChI is InChI=1S/C25H27N3O3S/c1-16(2)28(25(30)23-24(31-3)20(29)12-13-26-23)15-27-22-18-9-5-4-8-17(18)14-32-21-11-7-6-10-19(21)22/h4-13,16,22,27H,14-15H2,1-3H3,(H,26,29). The first-order valence-corrected chi connectivity index (χ1v) is 11.6. The molecule has 166 valence electrons. The molecule has 0 radical (unpaired) electrons. The van der Waals surface area contributed by atoms with E-state index in [0.717, 1.165) is 5.75 Å². The predicted molar refractivity (Wildman–Crippen MR) is 127 cm³/mol. The topological polar surface area (TPSA) is 74.4 Å². The van der Waals surface area contributed by atoms with Gasteiger partial charge in [-0.3, -0.25) is 14.9 Å². The predicted octanol–water partition coefficient (Wildman–Crippen LogP) is 4.18. The summed E-state index contributed by atoms with van der Waals surface area (Å²) in [6, 6.07) is 18.0. The van der Waals surface area contributed by atoms with Gasteiger partial charge in [-0.25, -0.2) is 0 Å². The van der Waals surface area contributed by atoms with Crippen molar-refractivity contribution in [1.82, 2.24) is 15.2 Å². The number of fused-ring (bicyclic) bond motifs is 2. The highest BCUT2D eigenvalue weighted by Crippen LogP contribution is 2.39. The highest BCUT2D eigenvalue weighted by Gasteiger charge is 2.27. The lowest BCUT2D eigenvalue weighted by atomic mass is 9.95. The van der Waals surface area contributed by atoms with Gasteiger partial charge < -0.3 is 14.6 Å². The summed E-state index contributed by atoms with van der Waals surface area (Å²) in [7, 11) is 1.40. The number of thioether (sulfide) groups is 1. The number of hydrogen-bond acceptors (Lipinski definition) is 5. The number of pyridine rings is 1. The van der Waals surface area contributed by atoms with Crippen LogP contribution in [0.15, 0.2) is 70.5 Å². The van der Waals surface area contributed by atoms with Gasteiger partial charge in [0.05, 0.1) is 19.8 Å². The number of ether oxygens (including phenoxy) is 1. The maximum Gasteiger partial charge on any atom is 0.275 e. The van der Waals surface area contributed by atoms with Crippen LogP contribution in [0.2, 0.25) is 0 Å². The molecule has 1 aliphatic heterocycles. The number of benzene rings is 2. The second-order valence-electron chi connectivity index (χ2n) is 7.94. The molecule has 1 aliphatic rings.